The van der Waals surface area contributed by atoms with E-state index in [4.69, 9.17) is 15.2 Å². The molecule has 1 aromatic rings. The quantitative estimate of drug-likeness (QED) is 0.587. The lowest BCUT2D eigenvalue weighted by molar-refractivity contribution is 0.581. The Morgan fingerprint density at radius 2 is 1.50 bits per heavy atom. The second kappa shape index (κ2) is 4.18. The van der Waals surface area contributed by atoms with Crippen molar-refractivity contribution in [3.8, 4) is 0 Å². The van der Waals surface area contributed by atoms with E-state index in [0.717, 1.165) is 0 Å². The molecule has 0 spiro atoms. The molecule has 0 aliphatic carbocycles. The molecule has 0 N–H and O–H groups in total. The van der Waals surface area contributed by atoms with Gasteiger partial charge in [0, 0.05) is 0 Å². The van der Waals surface area contributed by atoms with Gasteiger partial charge in [-0.1, -0.05) is 30.3 Å². The summed E-state index contributed by atoms with van der Waals surface area (Å²) in [7, 11) is -3.73. The van der Waals surface area contributed by atoms with Gasteiger partial charge in [0.1, 0.15) is 0 Å². The van der Waals surface area contributed by atoms with E-state index in [9.17, 15) is 0 Å². The molecule has 0 heterocycles. The van der Waals surface area contributed by atoms with E-state index in [1.54, 1.807) is 0 Å². The zero-order valence-electron chi connectivity index (χ0n) is 9.17. The smallest absolute Gasteiger partial charge is 0.274 e. The maximum absolute atomic E-state index is 6.22. The molecule has 0 amide bonds. The Labute approximate surface area is 93.0 Å². The van der Waals surface area contributed by atoms with Crippen molar-refractivity contribution < 1.29 is 4.12 Å². The SMILES string of the molecule is C[Si](C)(Cl)O[Si](C)(C)c1ccccc1. The largest absolute Gasteiger partial charge is 0.441 e. The van der Waals surface area contributed by atoms with E-state index >= 15 is 0 Å². The normalized spacial score (nSPS) is 12.9. The van der Waals surface area contributed by atoms with Gasteiger partial charge >= 0.3 is 0 Å². The summed E-state index contributed by atoms with van der Waals surface area (Å²) in [5.41, 5.74) is 0. The van der Waals surface area contributed by atoms with Crippen LogP contribution in [-0.4, -0.2) is 15.9 Å². The van der Waals surface area contributed by atoms with Crippen LogP contribution in [0.4, 0.5) is 0 Å². The van der Waals surface area contributed by atoms with E-state index < -0.39 is 15.9 Å². The molecule has 1 aromatic carbocycles. The van der Waals surface area contributed by atoms with E-state index in [1.165, 1.54) is 5.19 Å². The third-order valence-corrected chi connectivity index (χ3v) is 8.37. The summed E-state index contributed by atoms with van der Waals surface area (Å²) in [5, 5.41) is 1.31. The predicted molar refractivity (Wildman–Crippen MR) is 68.0 cm³/mol. The van der Waals surface area contributed by atoms with E-state index in [1.807, 2.05) is 19.2 Å². The molecule has 14 heavy (non-hydrogen) atoms. The highest BCUT2D eigenvalue weighted by Crippen LogP contribution is 2.17. The van der Waals surface area contributed by atoms with Gasteiger partial charge in [0.25, 0.3) is 7.63 Å². The first kappa shape index (κ1) is 12.0. The van der Waals surface area contributed by atoms with Crippen LogP contribution >= 0.6 is 11.1 Å². The Balaban J connectivity index is 2.86. The van der Waals surface area contributed by atoms with Crippen LogP contribution in [0, 0.1) is 0 Å². The Morgan fingerprint density at radius 3 is 1.93 bits per heavy atom. The second-order valence-corrected chi connectivity index (χ2v) is 14.2. The average Bonchev–Trinajstić information content (AvgIpc) is 2.01. The fourth-order valence-corrected chi connectivity index (χ4v) is 9.56. The highest BCUT2D eigenvalue weighted by molar-refractivity contribution is 7.18. The lowest BCUT2D eigenvalue weighted by Gasteiger charge is -2.29. The highest BCUT2D eigenvalue weighted by atomic mass is 35.6. The maximum Gasteiger partial charge on any atom is 0.274 e. The molecule has 0 unspecified atom stereocenters. The predicted octanol–water partition coefficient (Wildman–Crippen LogP) is 3.06. The molecular formula is C10H17ClOSi2. The first-order valence-corrected chi connectivity index (χ1v) is 11.6. The van der Waals surface area contributed by atoms with Gasteiger partial charge in [-0.15, -0.1) is 11.1 Å². The van der Waals surface area contributed by atoms with Gasteiger partial charge in [0.15, 0.2) is 0 Å². The van der Waals surface area contributed by atoms with E-state index in [2.05, 4.69) is 37.4 Å². The Hall–Kier alpha value is -0.0962. The number of hydrogen-bond donors (Lipinski definition) is 0. The van der Waals surface area contributed by atoms with Crippen LogP contribution < -0.4 is 5.19 Å². The van der Waals surface area contributed by atoms with Crippen LogP contribution in [0.25, 0.3) is 0 Å². The number of benzene rings is 1. The van der Waals surface area contributed by atoms with Crippen molar-refractivity contribution in [2.24, 2.45) is 0 Å². The van der Waals surface area contributed by atoms with Gasteiger partial charge < -0.3 is 4.12 Å². The third-order valence-electron chi connectivity index (χ3n) is 1.97. The number of rotatable bonds is 3. The molecule has 4 heteroatoms. The highest BCUT2D eigenvalue weighted by Gasteiger charge is 2.32. The van der Waals surface area contributed by atoms with Crippen LogP contribution in [0.2, 0.25) is 26.2 Å². The Morgan fingerprint density at radius 1 is 1.00 bits per heavy atom. The van der Waals surface area contributed by atoms with Crippen molar-refractivity contribution in [2.75, 3.05) is 0 Å². The monoisotopic (exact) mass is 244 g/mol. The molecule has 0 aromatic heterocycles. The van der Waals surface area contributed by atoms with Gasteiger partial charge in [0.2, 0.25) is 8.32 Å². The summed E-state index contributed by atoms with van der Waals surface area (Å²) < 4.78 is 6.05. The van der Waals surface area contributed by atoms with Crippen molar-refractivity contribution in [3.05, 3.63) is 30.3 Å². The molecule has 0 saturated carbocycles. The molecule has 1 rings (SSSR count). The van der Waals surface area contributed by atoms with Crippen LogP contribution in [0.1, 0.15) is 0 Å². The van der Waals surface area contributed by atoms with Crippen molar-refractivity contribution in [1.82, 2.24) is 0 Å². The zero-order valence-corrected chi connectivity index (χ0v) is 11.9. The van der Waals surface area contributed by atoms with Crippen molar-refractivity contribution in [3.63, 3.8) is 0 Å². The summed E-state index contributed by atoms with van der Waals surface area (Å²) in [6.45, 7) is 8.43. The molecule has 0 bridgehead atoms. The molecule has 0 aliphatic heterocycles. The molecule has 0 aliphatic rings. The van der Waals surface area contributed by atoms with Gasteiger partial charge in [-0.2, -0.15) is 0 Å². The van der Waals surface area contributed by atoms with E-state index in [-0.39, 0.29) is 0 Å². The fourth-order valence-electron chi connectivity index (χ4n) is 1.51. The van der Waals surface area contributed by atoms with Crippen molar-refractivity contribution in [1.29, 1.82) is 0 Å². The van der Waals surface area contributed by atoms with Crippen molar-refractivity contribution in [2.45, 2.75) is 26.2 Å². The standard InChI is InChI=1S/C10H17ClOSi2/c1-13(2,12-14(3,4)11)10-8-6-5-7-9-10/h5-9H,1-4H3. The zero-order chi connectivity index (χ0) is 10.8. The molecule has 78 valence electrons. The van der Waals surface area contributed by atoms with Gasteiger partial charge in [-0.25, -0.2) is 0 Å². The minimum absolute atomic E-state index is 1.31. The van der Waals surface area contributed by atoms with Crippen LogP contribution in [0.5, 0.6) is 0 Å². The third kappa shape index (κ3) is 3.57. The summed E-state index contributed by atoms with van der Waals surface area (Å²) in [6.07, 6.45) is 0. The summed E-state index contributed by atoms with van der Waals surface area (Å²) in [6, 6.07) is 10.4. The molecule has 0 radical (unpaired) electrons. The van der Waals surface area contributed by atoms with Crippen LogP contribution in [0.3, 0.4) is 0 Å². The topological polar surface area (TPSA) is 9.23 Å². The van der Waals surface area contributed by atoms with Crippen LogP contribution in [0.15, 0.2) is 30.3 Å². The molecule has 0 saturated heterocycles. The van der Waals surface area contributed by atoms with Crippen molar-refractivity contribution >= 4 is 32.2 Å². The lowest BCUT2D eigenvalue weighted by atomic mass is 10.4. The summed E-state index contributed by atoms with van der Waals surface area (Å²) in [5.74, 6) is 0. The average molecular weight is 245 g/mol. The lowest BCUT2D eigenvalue weighted by Crippen LogP contribution is -2.50. The first-order chi connectivity index (χ1) is 6.31. The minimum Gasteiger partial charge on any atom is -0.441 e. The molecule has 1 nitrogen and oxygen atoms in total. The first-order valence-electron chi connectivity index (χ1n) is 4.76. The van der Waals surface area contributed by atoms with Gasteiger partial charge in [0.05, 0.1) is 0 Å². The van der Waals surface area contributed by atoms with E-state index in [0.29, 0.717) is 0 Å². The summed E-state index contributed by atoms with van der Waals surface area (Å²) in [4.78, 5) is 0. The Kier molecular flexibility index (Phi) is 3.58. The Bertz CT molecular complexity index is 293. The maximum atomic E-state index is 6.22. The molecule has 0 fully saturated rings. The fraction of sp³-hybridized carbons (Fsp3) is 0.400. The molecular weight excluding hydrogens is 228 g/mol. The number of hydrogen-bond acceptors (Lipinski definition) is 1. The van der Waals surface area contributed by atoms with Gasteiger partial charge in [-0.3, -0.25) is 0 Å². The number of halogens is 1. The summed E-state index contributed by atoms with van der Waals surface area (Å²) >= 11 is 6.22. The minimum atomic E-state index is -1.94. The van der Waals surface area contributed by atoms with Crippen LogP contribution in [-0.2, 0) is 4.12 Å². The molecule has 0 atom stereocenters. The second-order valence-electron chi connectivity index (χ2n) is 4.34. The van der Waals surface area contributed by atoms with Gasteiger partial charge in [-0.05, 0) is 31.4 Å².